The van der Waals surface area contributed by atoms with Gasteiger partial charge in [0.2, 0.25) is 0 Å². The SMILES string of the molecule is Nc1ccc(-c2cc(F)c(C=O)c(F)c2F)nn1. The van der Waals surface area contributed by atoms with E-state index in [1.807, 2.05) is 0 Å². The predicted molar refractivity (Wildman–Crippen MR) is 57.1 cm³/mol. The molecule has 0 aliphatic carbocycles. The third-order valence-electron chi connectivity index (χ3n) is 2.27. The molecular weight excluding hydrogens is 247 g/mol. The van der Waals surface area contributed by atoms with Gasteiger partial charge in [-0.15, -0.1) is 10.2 Å². The van der Waals surface area contributed by atoms with Gasteiger partial charge in [-0.25, -0.2) is 13.2 Å². The minimum absolute atomic E-state index is 0.0862. The zero-order valence-electron chi connectivity index (χ0n) is 8.82. The number of rotatable bonds is 2. The van der Waals surface area contributed by atoms with E-state index in [4.69, 9.17) is 5.73 Å². The van der Waals surface area contributed by atoms with Crippen molar-refractivity contribution in [2.24, 2.45) is 0 Å². The largest absolute Gasteiger partial charge is 0.382 e. The maximum absolute atomic E-state index is 13.6. The number of aldehydes is 1. The molecule has 2 aromatic rings. The molecular formula is C11H6F3N3O. The van der Waals surface area contributed by atoms with Gasteiger partial charge in [0.15, 0.2) is 17.9 Å². The van der Waals surface area contributed by atoms with Crippen LogP contribution in [0.25, 0.3) is 11.3 Å². The monoisotopic (exact) mass is 253 g/mol. The summed E-state index contributed by atoms with van der Waals surface area (Å²) in [6.45, 7) is 0. The van der Waals surface area contributed by atoms with Crippen molar-refractivity contribution >= 4 is 12.1 Å². The highest BCUT2D eigenvalue weighted by atomic mass is 19.2. The Morgan fingerprint density at radius 1 is 1.11 bits per heavy atom. The molecule has 2 rings (SSSR count). The molecule has 4 nitrogen and oxygen atoms in total. The topological polar surface area (TPSA) is 68.9 Å². The Morgan fingerprint density at radius 3 is 2.39 bits per heavy atom. The summed E-state index contributed by atoms with van der Waals surface area (Å²) < 4.78 is 40.3. The summed E-state index contributed by atoms with van der Waals surface area (Å²) >= 11 is 0. The first-order valence-corrected chi connectivity index (χ1v) is 4.77. The molecule has 2 N–H and O–H groups in total. The molecule has 0 fully saturated rings. The third-order valence-corrected chi connectivity index (χ3v) is 2.27. The molecule has 1 heterocycles. The van der Waals surface area contributed by atoms with Crippen LogP contribution in [0.2, 0.25) is 0 Å². The molecule has 1 aromatic heterocycles. The van der Waals surface area contributed by atoms with Crippen molar-refractivity contribution in [3.05, 3.63) is 41.2 Å². The number of nitrogen functional groups attached to an aromatic ring is 1. The fraction of sp³-hybridized carbons (Fsp3) is 0. The first-order chi connectivity index (χ1) is 8.54. The third kappa shape index (κ3) is 1.90. The van der Waals surface area contributed by atoms with Crippen LogP contribution >= 0.6 is 0 Å². The molecule has 0 amide bonds. The highest BCUT2D eigenvalue weighted by molar-refractivity contribution is 5.77. The van der Waals surface area contributed by atoms with E-state index in [2.05, 4.69) is 10.2 Å². The van der Waals surface area contributed by atoms with E-state index >= 15 is 0 Å². The summed E-state index contributed by atoms with van der Waals surface area (Å²) in [6, 6.07) is 3.26. The van der Waals surface area contributed by atoms with Crippen LogP contribution in [0.5, 0.6) is 0 Å². The summed E-state index contributed by atoms with van der Waals surface area (Å²) in [5, 5.41) is 6.96. The van der Waals surface area contributed by atoms with Crippen molar-refractivity contribution in [2.45, 2.75) is 0 Å². The summed E-state index contributed by atoms with van der Waals surface area (Å²) in [5.41, 5.74) is 3.81. The van der Waals surface area contributed by atoms with Gasteiger partial charge in [-0.3, -0.25) is 4.79 Å². The molecule has 0 aliphatic heterocycles. The van der Waals surface area contributed by atoms with E-state index in [9.17, 15) is 18.0 Å². The lowest BCUT2D eigenvalue weighted by atomic mass is 10.1. The van der Waals surface area contributed by atoms with Crippen LogP contribution in [0.3, 0.4) is 0 Å². The molecule has 0 spiro atoms. The van der Waals surface area contributed by atoms with E-state index in [0.29, 0.717) is 6.07 Å². The Balaban J connectivity index is 2.66. The minimum atomic E-state index is -1.56. The number of nitrogens with zero attached hydrogens (tertiary/aromatic N) is 2. The van der Waals surface area contributed by atoms with Crippen molar-refractivity contribution in [1.29, 1.82) is 0 Å². The smallest absolute Gasteiger partial charge is 0.172 e. The fourth-order valence-corrected chi connectivity index (χ4v) is 1.39. The molecule has 7 heteroatoms. The number of hydrogen-bond donors (Lipinski definition) is 1. The van der Waals surface area contributed by atoms with Crippen LogP contribution in [-0.2, 0) is 0 Å². The van der Waals surface area contributed by atoms with Crippen molar-refractivity contribution in [3.8, 4) is 11.3 Å². The lowest BCUT2D eigenvalue weighted by Crippen LogP contribution is -2.02. The normalized spacial score (nSPS) is 10.4. The van der Waals surface area contributed by atoms with E-state index in [1.54, 1.807) is 0 Å². The standard InChI is InChI=1S/C11H6F3N3O/c12-7-3-5(8-1-2-9(15)17-16-8)10(13)11(14)6(7)4-18/h1-4H,(H2,15,17). The summed E-state index contributed by atoms with van der Waals surface area (Å²) in [6.07, 6.45) is -0.0911. The van der Waals surface area contributed by atoms with E-state index in [1.165, 1.54) is 12.1 Å². The van der Waals surface area contributed by atoms with Crippen LogP contribution in [0.15, 0.2) is 18.2 Å². The number of aromatic nitrogens is 2. The van der Waals surface area contributed by atoms with Crippen LogP contribution in [0.1, 0.15) is 10.4 Å². The van der Waals surface area contributed by atoms with Crippen LogP contribution < -0.4 is 5.73 Å². The highest BCUT2D eigenvalue weighted by Gasteiger charge is 2.20. The first-order valence-electron chi connectivity index (χ1n) is 4.77. The van der Waals surface area contributed by atoms with Gasteiger partial charge in [-0.05, 0) is 18.2 Å². The number of anilines is 1. The zero-order valence-corrected chi connectivity index (χ0v) is 8.82. The number of benzene rings is 1. The maximum Gasteiger partial charge on any atom is 0.172 e. The Bertz CT molecular complexity index is 614. The summed E-state index contributed by atoms with van der Waals surface area (Å²) in [5.74, 6) is -4.00. The van der Waals surface area contributed by atoms with Gasteiger partial charge >= 0.3 is 0 Å². The molecule has 0 unspecified atom stereocenters. The Kier molecular flexibility index (Phi) is 2.97. The molecule has 0 radical (unpaired) electrons. The number of nitrogens with two attached hydrogens (primary N) is 1. The molecule has 0 saturated carbocycles. The van der Waals surface area contributed by atoms with Crippen LogP contribution in [-0.4, -0.2) is 16.5 Å². The highest BCUT2D eigenvalue weighted by Crippen LogP contribution is 2.26. The summed E-state index contributed by atoms with van der Waals surface area (Å²) in [4.78, 5) is 10.4. The maximum atomic E-state index is 13.6. The zero-order chi connectivity index (χ0) is 13.3. The van der Waals surface area contributed by atoms with E-state index in [0.717, 1.165) is 0 Å². The predicted octanol–water partition coefficient (Wildman–Crippen LogP) is 1.96. The van der Waals surface area contributed by atoms with Gasteiger partial charge in [-0.2, -0.15) is 0 Å². The Morgan fingerprint density at radius 2 is 1.83 bits per heavy atom. The van der Waals surface area contributed by atoms with E-state index < -0.39 is 28.6 Å². The molecule has 18 heavy (non-hydrogen) atoms. The Hall–Kier alpha value is -2.44. The number of carbonyl (C=O) groups is 1. The second kappa shape index (κ2) is 4.44. The summed E-state index contributed by atoms with van der Waals surface area (Å²) in [7, 11) is 0. The second-order valence-electron chi connectivity index (χ2n) is 3.41. The average Bonchev–Trinajstić information content (AvgIpc) is 2.36. The van der Waals surface area contributed by atoms with Gasteiger partial charge in [0.25, 0.3) is 0 Å². The van der Waals surface area contributed by atoms with E-state index in [-0.39, 0.29) is 17.8 Å². The lowest BCUT2D eigenvalue weighted by Gasteiger charge is -2.05. The number of carbonyl (C=O) groups excluding carboxylic acids is 1. The average molecular weight is 253 g/mol. The lowest BCUT2D eigenvalue weighted by molar-refractivity contribution is 0.111. The van der Waals surface area contributed by atoms with Gasteiger partial charge in [-0.1, -0.05) is 0 Å². The number of halogens is 3. The minimum Gasteiger partial charge on any atom is -0.382 e. The molecule has 0 aliphatic rings. The van der Waals surface area contributed by atoms with Crippen molar-refractivity contribution < 1.29 is 18.0 Å². The van der Waals surface area contributed by atoms with Crippen LogP contribution in [0, 0.1) is 17.5 Å². The van der Waals surface area contributed by atoms with Gasteiger partial charge < -0.3 is 5.73 Å². The first kappa shape index (κ1) is 12.0. The van der Waals surface area contributed by atoms with Crippen LogP contribution in [0.4, 0.5) is 19.0 Å². The molecule has 0 saturated heterocycles. The van der Waals surface area contributed by atoms with Crippen molar-refractivity contribution in [3.63, 3.8) is 0 Å². The van der Waals surface area contributed by atoms with Gasteiger partial charge in [0.05, 0.1) is 11.3 Å². The molecule has 0 bridgehead atoms. The fourth-order valence-electron chi connectivity index (χ4n) is 1.39. The molecule has 1 aromatic carbocycles. The number of hydrogen-bond acceptors (Lipinski definition) is 4. The van der Waals surface area contributed by atoms with Gasteiger partial charge in [0, 0.05) is 5.56 Å². The van der Waals surface area contributed by atoms with Crippen molar-refractivity contribution in [1.82, 2.24) is 10.2 Å². The quantitative estimate of drug-likeness (QED) is 0.656. The second-order valence-corrected chi connectivity index (χ2v) is 3.41. The molecule has 92 valence electrons. The van der Waals surface area contributed by atoms with Gasteiger partial charge in [0.1, 0.15) is 11.6 Å². The Labute approximate surface area is 99.3 Å². The van der Waals surface area contributed by atoms with Crippen molar-refractivity contribution in [2.75, 3.05) is 5.73 Å². The molecule has 0 atom stereocenters.